The molecule has 54 valence electrons. The Morgan fingerprint density at radius 1 is 1.90 bits per heavy atom. The second kappa shape index (κ2) is 2.26. The van der Waals surface area contributed by atoms with Crippen LogP contribution in [-0.2, 0) is 0 Å². The van der Waals surface area contributed by atoms with Gasteiger partial charge in [-0.3, -0.25) is 0 Å². The molecule has 6 heteroatoms. The van der Waals surface area contributed by atoms with Crippen LogP contribution in [-0.4, -0.2) is 21.2 Å². The van der Waals surface area contributed by atoms with Crippen molar-refractivity contribution >= 4 is 12.0 Å². The third kappa shape index (κ3) is 1.16. The summed E-state index contributed by atoms with van der Waals surface area (Å²) >= 11 is 0. The summed E-state index contributed by atoms with van der Waals surface area (Å²) in [4.78, 5) is 15.8. The number of aromatic amines is 1. The monoisotopic (exact) mass is 143 g/mol. The lowest BCUT2D eigenvalue weighted by molar-refractivity contribution is 0.143. The SMILES string of the molecule is Nc1nc[nH]c1OC(=O)O. The smallest absolute Gasteiger partial charge is 0.449 e. The number of ether oxygens (including phenoxy) is 1. The van der Waals surface area contributed by atoms with Gasteiger partial charge in [0.05, 0.1) is 6.33 Å². The van der Waals surface area contributed by atoms with Crippen LogP contribution >= 0.6 is 0 Å². The van der Waals surface area contributed by atoms with E-state index in [0.29, 0.717) is 0 Å². The number of rotatable bonds is 1. The number of nitrogens with one attached hydrogen (secondary N) is 1. The minimum Gasteiger partial charge on any atom is -0.449 e. The fraction of sp³-hybridized carbons (Fsp3) is 0. The Balaban J connectivity index is 2.74. The van der Waals surface area contributed by atoms with E-state index in [1.807, 2.05) is 0 Å². The van der Waals surface area contributed by atoms with Crippen molar-refractivity contribution in [2.24, 2.45) is 0 Å². The molecule has 0 aromatic carbocycles. The van der Waals surface area contributed by atoms with Gasteiger partial charge in [-0.1, -0.05) is 0 Å². The van der Waals surface area contributed by atoms with Crippen LogP contribution in [0.2, 0.25) is 0 Å². The van der Waals surface area contributed by atoms with Gasteiger partial charge in [-0.25, -0.2) is 9.78 Å². The summed E-state index contributed by atoms with van der Waals surface area (Å²) in [5.74, 6) is -0.0186. The predicted octanol–water partition coefficient (Wildman–Crippen LogP) is 0.0487. The van der Waals surface area contributed by atoms with E-state index < -0.39 is 6.16 Å². The molecule has 0 aliphatic rings. The van der Waals surface area contributed by atoms with Gasteiger partial charge in [0.25, 0.3) is 0 Å². The molecule has 1 heterocycles. The van der Waals surface area contributed by atoms with E-state index in [2.05, 4.69) is 14.7 Å². The molecular formula is C4H5N3O3. The van der Waals surface area contributed by atoms with Gasteiger partial charge < -0.3 is 20.6 Å². The third-order valence-corrected chi connectivity index (χ3v) is 0.821. The van der Waals surface area contributed by atoms with Gasteiger partial charge in [0.2, 0.25) is 5.88 Å². The maximum absolute atomic E-state index is 9.89. The van der Waals surface area contributed by atoms with Gasteiger partial charge in [0, 0.05) is 0 Å². The van der Waals surface area contributed by atoms with Crippen molar-refractivity contribution < 1.29 is 14.6 Å². The van der Waals surface area contributed by atoms with Crippen LogP contribution in [0, 0.1) is 0 Å². The van der Waals surface area contributed by atoms with Crippen LogP contribution in [0.25, 0.3) is 0 Å². The summed E-state index contributed by atoms with van der Waals surface area (Å²) in [6.45, 7) is 0. The molecule has 1 rings (SSSR count). The van der Waals surface area contributed by atoms with Crippen LogP contribution in [0.1, 0.15) is 0 Å². The van der Waals surface area contributed by atoms with Crippen LogP contribution in [0.15, 0.2) is 6.33 Å². The molecule has 0 fully saturated rings. The Kier molecular flexibility index (Phi) is 1.44. The molecule has 0 amide bonds. The van der Waals surface area contributed by atoms with Crippen molar-refractivity contribution in [1.29, 1.82) is 0 Å². The Labute approximate surface area is 55.6 Å². The zero-order chi connectivity index (χ0) is 7.56. The first kappa shape index (κ1) is 6.40. The Hall–Kier alpha value is -1.72. The number of H-pyrrole nitrogens is 1. The summed E-state index contributed by atoms with van der Waals surface area (Å²) in [6.07, 6.45) is -0.177. The van der Waals surface area contributed by atoms with E-state index in [4.69, 9.17) is 10.8 Å². The minimum atomic E-state index is -1.42. The fourth-order valence-electron chi connectivity index (χ4n) is 0.462. The molecule has 0 unspecified atom stereocenters. The largest absolute Gasteiger partial charge is 0.512 e. The molecule has 0 bridgehead atoms. The van der Waals surface area contributed by atoms with Crippen molar-refractivity contribution in [1.82, 2.24) is 9.97 Å². The highest BCUT2D eigenvalue weighted by Crippen LogP contribution is 2.13. The molecule has 1 aromatic heterocycles. The highest BCUT2D eigenvalue weighted by molar-refractivity contribution is 5.62. The van der Waals surface area contributed by atoms with Gasteiger partial charge in [0.1, 0.15) is 0 Å². The van der Waals surface area contributed by atoms with Gasteiger partial charge >= 0.3 is 6.16 Å². The third-order valence-electron chi connectivity index (χ3n) is 0.821. The first-order chi connectivity index (χ1) is 4.70. The van der Waals surface area contributed by atoms with Crippen LogP contribution < -0.4 is 10.5 Å². The van der Waals surface area contributed by atoms with Gasteiger partial charge in [-0.2, -0.15) is 0 Å². The van der Waals surface area contributed by atoms with Crippen molar-refractivity contribution in [2.75, 3.05) is 5.73 Å². The number of anilines is 1. The van der Waals surface area contributed by atoms with E-state index in [1.54, 1.807) is 0 Å². The summed E-state index contributed by atoms with van der Waals surface area (Å²) in [7, 11) is 0. The summed E-state index contributed by atoms with van der Waals surface area (Å²) < 4.78 is 4.16. The average molecular weight is 143 g/mol. The predicted molar refractivity (Wildman–Crippen MR) is 31.7 cm³/mol. The molecule has 0 aliphatic heterocycles. The molecule has 1 aromatic rings. The second-order valence-electron chi connectivity index (χ2n) is 1.48. The molecule has 0 saturated heterocycles. The van der Waals surface area contributed by atoms with Crippen LogP contribution in [0.3, 0.4) is 0 Å². The summed E-state index contributed by atoms with van der Waals surface area (Å²) in [5.41, 5.74) is 5.16. The number of aromatic nitrogens is 2. The van der Waals surface area contributed by atoms with Crippen LogP contribution in [0.4, 0.5) is 10.6 Å². The zero-order valence-corrected chi connectivity index (χ0v) is 4.87. The number of carboxylic acid groups (broad SMARTS) is 1. The molecule has 4 N–H and O–H groups in total. The highest BCUT2D eigenvalue weighted by atomic mass is 16.7. The highest BCUT2D eigenvalue weighted by Gasteiger charge is 2.05. The normalized spacial score (nSPS) is 9.20. The number of carbonyl (C=O) groups is 1. The quantitative estimate of drug-likeness (QED) is 0.482. The van der Waals surface area contributed by atoms with Crippen molar-refractivity contribution in [3.63, 3.8) is 0 Å². The van der Waals surface area contributed by atoms with Gasteiger partial charge in [-0.05, 0) is 0 Å². The molecule has 10 heavy (non-hydrogen) atoms. The number of hydrogen-bond donors (Lipinski definition) is 3. The van der Waals surface area contributed by atoms with Crippen LogP contribution in [0.5, 0.6) is 5.88 Å². The number of hydrogen-bond acceptors (Lipinski definition) is 4. The molecule has 0 saturated carbocycles. The van der Waals surface area contributed by atoms with Gasteiger partial charge in [-0.15, -0.1) is 0 Å². The van der Waals surface area contributed by atoms with E-state index in [0.717, 1.165) is 0 Å². The lowest BCUT2D eigenvalue weighted by Gasteiger charge is -1.93. The number of nitrogen functional groups attached to an aromatic ring is 1. The first-order valence-electron chi connectivity index (χ1n) is 2.40. The number of nitrogens with zero attached hydrogens (tertiary/aromatic N) is 1. The van der Waals surface area contributed by atoms with E-state index in [-0.39, 0.29) is 11.7 Å². The Bertz CT molecular complexity index is 244. The van der Waals surface area contributed by atoms with Gasteiger partial charge in [0.15, 0.2) is 5.82 Å². The molecule has 0 radical (unpaired) electrons. The van der Waals surface area contributed by atoms with Crippen molar-refractivity contribution in [3.8, 4) is 5.88 Å². The molecule has 6 nitrogen and oxygen atoms in total. The van der Waals surface area contributed by atoms with Crippen molar-refractivity contribution in [3.05, 3.63) is 6.33 Å². The average Bonchev–Trinajstić information content (AvgIpc) is 2.15. The lowest BCUT2D eigenvalue weighted by Crippen LogP contribution is -2.04. The Morgan fingerprint density at radius 2 is 2.60 bits per heavy atom. The molecular weight excluding hydrogens is 138 g/mol. The van der Waals surface area contributed by atoms with Crippen molar-refractivity contribution in [2.45, 2.75) is 0 Å². The fourth-order valence-corrected chi connectivity index (χ4v) is 0.462. The maximum atomic E-state index is 9.89. The molecule has 0 atom stereocenters. The van der Waals surface area contributed by atoms with E-state index in [9.17, 15) is 4.79 Å². The molecule has 0 spiro atoms. The second-order valence-corrected chi connectivity index (χ2v) is 1.48. The number of imidazole rings is 1. The summed E-state index contributed by atoms with van der Waals surface area (Å²) in [5, 5.41) is 8.08. The minimum absolute atomic E-state index is 0.0300. The zero-order valence-electron chi connectivity index (χ0n) is 4.87. The standard InChI is InChI=1S/C4H5N3O3/c5-2-3(7-1-6-2)10-4(8)9/h1H,5H2,(H,6,7)(H,8,9). The lowest BCUT2D eigenvalue weighted by atomic mass is 10.7. The Morgan fingerprint density at radius 3 is 3.00 bits per heavy atom. The molecule has 0 aliphatic carbocycles. The van der Waals surface area contributed by atoms with E-state index >= 15 is 0 Å². The summed E-state index contributed by atoms with van der Waals surface area (Å²) in [6, 6.07) is 0. The topological polar surface area (TPSA) is 101 Å². The first-order valence-corrected chi connectivity index (χ1v) is 2.40. The maximum Gasteiger partial charge on any atom is 0.512 e. The van der Waals surface area contributed by atoms with E-state index in [1.165, 1.54) is 6.33 Å². The number of nitrogens with two attached hydrogens (primary N) is 1.